The molecule has 2 saturated heterocycles. The van der Waals surface area contributed by atoms with Crippen LogP contribution in [0.2, 0.25) is 0 Å². The van der Waals surface area contributed by atoms with Gasteiger partial charge in [0.2, 0.25) is 5.91 Å². The van der Waals surface area contributed by atoms with Crippen LogP contribution >= 0.6 is 0 Å². The van der Waals surface area contributed by atoms with Gasteiger partial charge >= 0.3 is 0 Å². The molecule has 1 aromatic heterocycles. The lowest BCUT2D eigenvalue weighted by atomic mass is 9.77. The number of hydrogen-bond acceptors (Lipinski definition) is 4. The zero-order valence-corrected chi connectivity index (χ0v) is 15.3. The number of rotatable bonds is 4. The molecule has 4 fully saturated rings. The average molecular weight is 357 g/mol. The van der Waals surface area contributed by atoms with Gasteiger partial charge in [0, 0.05) is 32.1 Å². The van der Waals surface area contributed by atoms with E-state index in [4.69, 9.17) is 4.42 Å². The number of carbonyl (C=O) groups excluding carboxylic acids is 2. The van der Waals surface area contributed by atoms with Gasteiger partial charge in [0.05, 0.1) is 5.41 Å². The first-order chi connectivity index (χ1) is 12.7. The van der Waals surface area contributed by atoms with Crippen LogP contribution in [0, 0.1) is 11.3 Å². The maximum atomic E-state index is 13.2. The molecule has 1 spiro atoms. The highest BCUT2D eigenvalue weighted by atomic mass is 16.3. The Bertz CT molecular complexity index is 722. The van der Waals surface area contributed by atoms with Crippen molar-refractivity contribution in [3.05, 3.63) is 17.8 Å². The molecule has 0 radical (unpaired) electrons. The quantitative estimate of drug-likeness (QED) is 0.831. The van der Waals surface area contributed by atoms with Crippen LogP contribution in [0.4, 0.5) is 0 Å². The summed E-state index contributed by atoms with van der Waals surface area (Å²) in [5.74, 6) is 2.04. The van der Waals surface area contributed by atoms with Gasteiger partial charge in [-0.25, -0.2) is 4.98 Å². The van der Waals surface area contributed by atoms with Crippen molar-refractivity contribution < 1.29 is 14.0 Å². The summed E-state index contributed by atoms with van der Waals surface area (Å²) < 4.78 is 5.47. The minimum Gasteiger partial charge on any atom is -0.447 e. The Kier molecular flexibility index (Phi) is 3.83. The van der Waals surface area contributed by atoms with Crippen molar-refractivity contribution in [3.63, 3.8) is 0 Å². The standard InChI is InChI=1S/C20H27N3O3/c24-18(16-17(15-5-6-15)26-13-21-16)23-10-8-20(12-23)7-2-9-22(19(20)25)11-14-3-1-4-14/h13-15H,1-12H2/t20-/m0/s1. The minimum atomic E-state index is -0.360. The Hall–Kier alpha value is -1.85. The van der Waals surface area contributed by atoms with E-state index in [9.17, 15) is 9.59 Å². The van der Waals surface area contributed by atoms with E-state index in [1.165, 1.54) is 25.7 Å². The Morgan fingerprint density at radius 3 is 2.77 bits per heavy atom. The summed E-state index contributed by atoms with van der Waals surface area (Å²) in [5, 5.41) is 0. The van der Waals surface area contributed by atoms with E-state index < -0.39 is 0 Å². The lowest BCUT2D eigenvalue weighted by molar-refractivity contribution is -0.146. The molecule has 0 aromatic carbocycles. The van der Waals surface area contributed by atoms with Crippen LogP contribution < -0.4 is 0 Å². The number of likely N-dealkylation sites (tertiary alicyclic amines) is 2. The van der Waals surface area contributed by atoms with E-state index in [-0.39, 0.29) is 17.2 Å². The Morgan fingerprint density at radius 2 is 2.04 bits per heavy atom. The molecule has 0 unspecified atom stereocenters. The highest BCUT2D eigenvalue weighted by molar-refractivity contribution is 5.95. The largest absolute Gasteiger partial charge is 0.447 e. The monoisotopic (exact) mass is 357 g/mol. The number of oxazole rings is 1. The predicted molar refractivity (Wildman–Crippen MR) is 94.6 cm³/mol. The summed E-state index contributed by atoms with van der Waals surface area (Å²) in [7, 11) is 0. The molecule has 2 saturated carbocycles. The summed E-state index contributed by atoms with van der Waals surface area (Å²) in [6, 6.07) is 0. The summed E-state index contributed by atoms with van der Waals surface area (Å²) in [6.07, 6.45) is 10.1. The molecule has 5 rings (SSSR count). The van der Waals surface area contributed by atoms with Crippen LogP contribution in [0.25, 0.3) is 0 Å². The molecule has 2 aliphatic carbocycles. The molecule has 3 heterocycles. The van der Waals surface area contributed by atoms with Gasteiger partial charge in [-0.2, -0.15) is 0 Å². The van der Waals surface area contributed by atoms with Crippen molar-refractivity contribution in [1.29, 1.82) is 0 Å². The highest BCUT2D eigenvalue weighted by Gasteiger charge is 2.50. The number of piperidine rings is 1. The predicted octanol–water partition coefficient (Wildman–Crippen LogP) is 2.81. The van der Waals surface area contributed by atoms with Gasteiger partial charge in [-0.1, -0.05) is 6.42 Å². The molecule has 26 heavy (non-hydrogen) atoms. The second kappa shape index (κ2) is 6.10. The van der Waals surface area contributed by atoms with Crippen LogP contribution in [0.1, 0.15) is 73.5 Å². The maximum absolute atomic E-state index is 13.2. The summed E-state index contributed by atoms with van der Waals surface area (Å²) in [4.78, 5) is 34.3. The lowest BCUT2D eigenvalue weighted by Gasteiger charge is -2.42. The second-order valence-electron chi connectivity index (χ2n) is 8.75. The van der Waals surface area contributed by atoms with Crippen LogP contribution in [0.15, 0.2) is 10.8 Å². The van der Waals surface area contributed by atoms with Gasteiger partial charge in [-0.15, -0.1) is 0 Å². The molecule has 6 heteroatoms. The normalized spacial score (nSPS) is 29.5. The average Bonchev–Trinajstić information content (AvgIpc) is 3.17. The first kappa shape index (κ1) is 16.3. The second-order valence-corrected chi connectivity index (χ2v) is 8.75. The molecule has 1 aromatic rings. The van der Waals surface area contributed by atoms with Gasteiger partial charge in [0.25, 0.3) is 5.91 Å². The van der Waals surface area contributed by atoms with Crippen molar-refractivity contribution in [2.45, 2.75) is 57.3 Å². The Labute approximate surface area is 153 Å². The maximum Gasteiger partial charge on any atom is 0.276 e. The van der Waals surface area contributed by atoms with E-state index >= 15 is 0 Å². The fourth-order valence-corrected chi connectivity index (χ4v) is 4.94. The van der Waals surface area contributed by atoms with Crippen molar-refractivity contribution in [2.75, 3.05) is 26.2 Å². The summed E-state index contributed by atoms with van der Waals surface area (Å²) in [6.45, 7) is 3.01. The molecular weight excluding hydrogens is 330 g/mol. The molecular formula is C20H27N3O3. The third-order valence-corrected chi connectivity index (χ3v) is 6.91. The first-order valence-corrected chi connectivity index (χ1v) is 10.2. The molecule has 1 atom stereocenters. The van der Waals surface area contributed by atoms with Crippen molar-refractivity contribution in [2.24, 2.45) is 11.3 Å². The smallest absolute Gasteiger partial charge is 0.276 e. The summed E-state index contributed by atoms with van der Waals surface area (Å²) >= 11 is 0. The first-order valence-electron chi connectivity index (χ1n) is 10.2. The molecule has 2 aliphatic heterocycles. The molecule has 0 N–H and O–H groups in total. The van der Waals surface area contributed by atoms with E-state index in [1.807, 2.05) is 4.90 Å². The van der Waals surface area contributed by atoms with Crippen molar-refractivity contribution in [1.82, 2.24) is 14.8 Å². The van der Waals surface area contributed by atoms with E-state index in [1.54, 1.807) is 0 Å². The number of nitrogens with zero attached hydrogens (tertiary/aromatic N) is 3. The SMILES string of the molecule is O=C(c1ncoc1C1CC1)N1CC[C@@]2(CCCN(CC3CCC3)C2=O)C1. The van der Waals surface area contributed by atoms with Gasteiger partial charge in [-0.05, 0) is 50.9 Å². The highest BCUT2D eigenvalue weighted by Crippen LogP contribution is 2.44. The van der Waals surface area contributed by atoms with Gasteiger partial charge in [0.1, 0.15) is 5.76 Å². The molecule has 6 nitrogen and oxygen atoms in total. The topological polar surface area (TPSA) is 66.7 Å². The van der Waals surface area contributed by atoms with E-state index in [0.29, 0.717) is 30.6 Å². The lowest BCUT2D eigenvalue weighted by Crippen LogP contribution is -2.52. The zero-order valence-electron chi connectivity index (χ0n) is 15.3. The molecule has 140 valence electrons. The van der Waals surface area contributed by atoms with Crippen LogP contribution in [-0.4, -0.2) is 52.8 Å². The van der Waals surface area contributed by atoms with E-state index in [0.717, 1.165) is 51.0 Å². The van der Waals surface area contributed by atoms with Gasteiger partial charge < -0.3 is 14.2 Å². The fraction of sp³-hybridized carbons (Fsp3) is 0.750. The van der Waals surface area contributed by atoms with Crippen LogP contribution in [0.5, 0.6) is 0 Å². The Balaban J connectivity index is 1.30. The number of carbonyl (C=O) groups is 2. The zero-order chi connectivity index (χ0) is 17.7. The third-order valence-electron chi connectivity index (χ3n) is 6.91. The Morgan fingerprint density at radius 1 is 1.19 bits per heavy atom. The third kappa shape index (κ3) is 2.65. The molecule has 2 amide bonds. The number of hydrogen-bond donors (Lipinski definition) is 0. The fourth-order valence-electron chi connectivity index (χ4n) is 4.94. The van der Waals surface area contributed by atoms with Gasteiger partial charge in [0.15, 0.2) is 12.1 Å². The van der Waals surface area contributed by atoms with Crippen LogP contribution in [-0.2, 0) is 4.79 Å². The molecule has 4 aliphatic rings. The number of amides is 2. The van der Waals surface area contributed by atoms with Crippen molar-refractivity contribution in [3.8, 4) is 0 Å². The van der Waals surface area contributed by atoms with Crippen LogP contribution in [0.3, 0.4) is 0 Å². The van der Waals surface area contributed by atoms with Crippen molar-refractivity contribution >= 4 is 11.8 Å². The molecule has 0 bridgehead atoms. The van der Waals surface area contributed by atoms with Gasteiger partial charge in [-0.3, -0.25) is 9.59 Å². The van der Waals surface area contributed by atoms with E-state index in [2.05, 4.69) is 9.88 Å². The summed E-state index contributed by atoms with van der Waals surface area (Å²) in [5.41, 5.74) is 0.111. The minimum absolute atomic E-state index is 0.0542. The number of aromatic nitrogens is 1.